The van der Waals surface area contributed by atoms with Crippen molar-refractivity contribution in [1.82, 2.24) is 5.32 Å². The summed E-state index contributed by atoms with van der Waals surface area (Å²) >= 11 is 0. The standard InChI is InChI=1S/C15H22N2O3/c1-4-15(5-2,14(19)20)16-10-13(18)17-12-8-6-7-11(3)9-12/h6-9,16H,4-5,10H2,1-3H3,(H,17,18)(H,19,20). The number of amides is 1. The lowest BCUT2D eigenvalue weighted by Gasteiger charge is -2.27. The first kappa shape index (κ1) is 16.2. The lowest BCUT2D eigenvalue weighted by molar-refractivity contribution is -0.145. The van der Waals surface area contributed by atoms with E-state index in [0.717, 1.165) is 5.56 Å². The number of aryl methyl sites for hydroxylation is 1. The molecule has 0 atom stereocenters. The highest BCUT2D eigenvalue weighted by molar-refractivity contribution is 5.93. The molecular weight excluding hydrogens is 256 g/mol. The largest absolute Gasteiger partial charge is 0.480 e. The Hall–Kier alpha value is -1.88. The number of hydrogen-bond acceptors (Lipinski definition) is 3. The van der Waals surface area contributed by atoms with Gasteiger partial charge in [-0.1, -0.05) is 26.0 Å². The fourth-order valence-electron chi connectivity index (χ4n) is 2.06. The van der Waals surface area contributed by atoms with Crippen molar-refractivity contribution in [3.63, 3.8) is 0 Å². The molecule has 20 heavy (non-hydrogen) atoms. The second-order valence-electron chi connectivity index (χ2n) is 4.87. The Kier molecular flexibility index (Phi) is 5.70. The minimum absolute atomic E-state index is 0.0259. The van der Waals surface area contributed by atoms with E-state index in [0.29, 0.717) is 18.5 Å². The molecule has 5 nitrogen and oxygen atoms in total. The van der Waals surface area contributed by atoms with Gasteiger partial charge < -0.3 is 10.4 Å². The molecule has 0 saturated carbocycles. The molecule has 1 amide bonds. The summed E-state index contributed by atoms with van der Waals surface area (Å²) in [6.07, 6.45) is 0.854. The molecule has 0 bridgehead atoms. The zero-order chi connectivity index (χ0) is 15.2. The summed E-state index contributed by atoms with van der Waals surface area (Å²) < 4.78 is 0. The molecule has 0 radical (unpaired) electrons. The zero-order valence-electron chi connectivity index (χ0n) is 12.2. The summed E-state index contributed by atoms with van der Waals surface area (Å²) in [4.78, 5) is 23.2. The highest BCUT2D eigenvalue weighted by Gasteiger charge is 2.34. The molecule has 0 aliphatic rings. The summed E-state index contributed by atoms with van der Waals surface area (Å²) in [7, 11) is 0. The first-order chi connectivity index (χ1) is 9.43. The van der Waals surface area contributed by atoms with Gasteiger partial charge in [0.1, 0.15) is 5.54 Å². The third-order valence-electron chi connectivity index (χ3n) is 3.51. The minimum atomic E-state index is -1.04. The number of hydrogen-bond donors (Lipinski definition) is 3. The highest BCUT2D eigenvalue weighted by atomic mass is 16.4. The summed E-state index contributed by atoms with van der Waals surface area (Å²) in [6.45, 7) is 5.51. The van der Waals surface area contributed by atoms with Crippen molar-refractivity contribution in [3.05, 3.63) is 29.8 Å². The molecule has 1 aromatic rings. The van der Waals surface area contributed by atoms with Gasteiger partial charge in [0.2, 0.25) is 5.91 Å². The molecule has 0 saturated heterocycles. The number of nitrogens with one attached hydrogen (secondary N) is 2. The highest BCUT2D eigenvalue weighted by Crippen LogP contribution is 2.15. The van der Waals surface area contributed by atoms with E-state index in [-0.39, 0.29) is 12.5 Å². The van der Waals surface area contributed by atoms with Gasteiger partial charge in [0.25, 0.3) is 0 Å². The Balaban J connectivity index is 2.61. The average Bonchev–Trinajstić information content (AvgIpc) is 2.40. The lowest BCUT2D eigenvalue weighted by atomic mass is 9.93. The van der Waals surface area contributed by atoms with Crippen molar-refractivity contribution in [1.29, 1.82) is 0 Å². The van der Waals surface area contributed by atoms with Crippen molar-refractivity contribution >= 4 is 17.6 Å². The summed E-state index contributed by atoms with van der Waals surface area (Å²) in [6, 6.07) is 7.46. The summed E-state index contributed by atoms with van der Waals surface area (Å²) in [5, 5.41) is 14.9. The van der Waals surface area contributed by atoms with Gasteiger partial charge in [-0.15, -0.1) is 0 Å². The SMILES string of the molecule is CCC(CC)(NCC(=O)Nc1cccc(C)c1)C(=O)O. The van der Waals surface area contributed by atoms with E-state index in [1.54, 1.807) is 19.9 Å². The van der Waals surface area contributed by atoms with Crippen LogP contribution >= 0.6 is 0 Å². The van der Waals surface area contributed by atoms with Crippen molar-refractivity contribution < 1.29 is 14.7 Å². The van der Waals surface area contributed by atoms with Crippen molar-refractivity contribution in [3.8, 4) is 0 Å². The number of rotatable bonds is 7. The Morgan fingerprint density at radius 2 is 1.90 bits per heavy atom. The lowest BCUT2D eigenvalue weighted by Crippen LogP contribution is -2.53. The first-order valence-electron chi connectivity index (χ1n) is 6.78. The first-order valence-corrected chi connectivity index (χ1v) is 6.78. The van der Waals surface area contributed by atoms with Crippen molar-refractivity contribution in [2.75, 3.05) is 11.9 Å². The number of carboxylic acid groups (broad SMARTS) is 1. The fraction of sp³-hybridized carbons (Fsp3) is 0.467. The predicted octanol–water partition coefficient (Wildman–Crippen LogP) is 2.17. The van der Waals surface area contributed by atoms with E-state index < -0.39 is 11.5 Å². The maximum Gasteiger partial charge on any atom is 0.323 e. The zero-order valence-corrected chi connectivity index (χ0v) is 12.2. The van der Waals surface area contributed by atoms with Crippen LogP contribution in [0.25, 0.3) is 0 Å². The minimum Gasteiger partial charge on any atom is -0.480 e. The van der Waals surface area contributed by atoms with Crippen LogP contribution in [0.3, 0.4) is 0 Å². The Morgan fingerprint density at radius 3 is 2.40 bits per heavy atom. The molecule has 5 heteroatoms. The number of carbonyl (C=O) groups excluding carboxylic acids is 1. The summed E-state index contributed by atoms with van der Waals surface area (Å²) in [5.74, 6) is -1.17. The molecule has 0 heterocycles. The van der Waals surface area contributed by atoms with Crippen LogP contribution in [0.4, 0.5) is 5.69 Å². The molecular formula is C15H22N2O3. The predicted molar refractivity (Wildman–Crippen MR) is 78.8 cm³/mol. The molecule has 0 spiro atoms. The fourth-order valence-corrected chi connectivity index (χ4v) is 2.06. The molecule has 0 aromatic heterocycles. The second-order valence-corrected chi connectivity index (χ2v) is 4.87. The van der Waals surface area contributed by atoms with E-state index in [9.17, 15) is 14.7 Å². The Morgan fingerprint density at radius 1 is 1.25 bits per heavy atom. The van der Waals surface area contributed by atoms with Gasteiger partial charge >= 0.3 is 5.97 Å². The van der Waals surface area contributed by atoms with Crippen LogP contribution in [-0.2, 0) is 9.59 Å². The van der Waals surface area contributed by atoms with Crippen molar-refractivity contribution in [2.45, 2.75) is 39.2 Å². The maximum absolute atomic E-state index is 11.9. The van der Waals surface area contributed by atoms with Gasteiger partial charge in [0, 0.05) is 5.69 Å². The number of carboxylic acids is 1. The van der Waals surface area contributed by atoms with Crippen LogP contribution in [0, 0.1) is 6.92 Å². The van der Waals surface area contributed by atoms with Gasteiger partial charge in [-0.3, -0.25) is 14.9 Å². The Bertz CT molecular complexity index is 482. The van der Waals surface area contributed by atoms with E-state index in [4.69, 9.17) is 0 Å². The van der Waals surface area contributed by atoms with Crippen LogP contribution in [0.5, 0.6) is 0 Å². The molecule has 0 aliphatic heterocycles. The Labute approximate surface area is 119 Å². The number of benzene rings is 1. The van der Waals surface area contributed by atoms with Gasteiger partial charge in [0.05, 0.1) is 6.54 Å². The molecule has 1 aromatic carbocycles. The van der Waals surface area contributed by atoms with Crippen LogP contribution in [0.2, 0.25) is 0 Å². The van der Waals surface area contributed by atoms with E-state index >= 15 is 0 Å². The maximum atomic E-state index is 11.9. The third kappa shape index (κ3) is 4.06. The van der Waals surface area contributed by atoms with E-state index in [1.165, 1.54) is 0 Å². The van der Waals surface area contributed by atoms with Crippen LogP contribution in [0.1, 0.15) is 32.3 Å². The second kappa shape index (κ2) is 7.05. The average molecular weight is 278 g/mol. The van der Waals surface area contributed by atoms with E-state index in [1.807, 2.05) is 25.1 Å². The molecule has 0 aliphatic carbocycles. The number of aliphatic carboxylic acids is 1. The third-order valence-corrected chi connectivity index (χ3v) is 3.51. The van der Waals surface area contributed by atoms with Gasteiger partial charge in [0.15, 0.2) is 0 Å². The van der Waals surface area contributed by atoms with E-state index in [2.05, 4.69) is 10.6 Å². The van der Waals surface area contributed by atoms with Gasteiger partial charge in [-0.2, -0.15) is 0 Å². The molecule has 1 rings (SSSR count). The van der Waals surface area contributed by atoms with Crippen LogP contribution in [0.15, 0.2) is 24.3 Å². The monoisotopic (exact) mass is 278 g/mol. The summed E-state index contributed by atoms with van der Waals surface area (Å²) in [5.41, 5.74) is 0.729. The van der Waals surface area contributed by atoms with Gasteiger partial charge in [-0.25, -0.2) is 0 Å². The number of carbonyl (C=O) groups is 2. The molecule has 110 valence electrons. The molecule has 0 unspecified atom stereocenters. The van der Waals surface area contributed by atoms with Crippen LogP contribution in [-0.4, -0.2) is 29.1 Å². The van der Waals surface area contributed by atoms with Crippen molar-refractivity contribution in [2.24, 2.45) is 0 Å². The normalized spacial score (nSPS) is 11.2. The van der Waals surface area contributed by atoms with Crippen LogP contribution < -0.4 is 10.6 Å². The van der Waals surface area contributed by atoms with Gasteiger partial charge in [-0.05, 0) is 37.5 Å². The smallest absolute Gasteiger partial charge is 0.323 e. The quantitative estimate of drug-likeness (QED) is 0.714. The number of anilines is 1. The molecule has 0 fully saturated rings. The topological polar surface area (TPSA) is 78.4 Å². The molecule has 3 N–H and O–H groups in total.